The molecule has 1 unspecified atom stereocenters. The summed E-state index contributed by atoms with van der Waals surface area (Å²) in [6.45, 7) is 4.51. The highest BCUT2D eigenvalue weighted by atomic mass is 16.5. The molecule has 0 aliphatic rings. The smallest absolute Gasteiger partial charge is 0.307 e. The Morgan fingerprint density at radius 2 is 1.58 bits per heavy atom. The second kappa shape index (κ2) is 10.4. The average Bonchev–Trinajstić information content (AvgIpc) is 2.68. The van der Waals surface area contributed by atoms with E-state index in [9.17, 15) is 9.59 Å². The first-order valence-corrected chi connectivity index (χ1v) is 9.15. The van der Waals surface area contributed by atoms with Crippen molar-refractivity contribution >= 4 is 11.9 Å². The molecule has 1 atom stereocenters. The topological polar surface area (TPSA) is 46.6 Å². The van der Waals surface area contributed by atoms with Gasteiger partial charge in [0.15, 0.2) is 0 Å². The Kier molecular flexibility index (Phi) is 7.87. The van der Waals surface area contributed by atoms with Gasteiger partial charge < -0.3 is 9.64 Å². The van der Waals surface area contributed by atoms with Crippen molar-refractivity contribution in [3.8, 4) is 0 Å². The predicted molar refractivity (Wildman–Crippen MR) is 103 cm³/mol. The van der Waals surface area contributed by atoms with E-state index in [2.05, 4.69) is 0 Å². The highest BCUT2D eigenvalue weighted by molar-refractivity contribution is 5.78. The number of rotatable bonds is 9. The van der Waals surface area contributed by atoms with Crippen LogP contribution in [0.3, 0.4) is 0 Å². The molecule has 0 saturated heterocycles. The van der Waals surface area contributed by atoms with Crippen molar-refractivity contribution in [3.05, 3.63) is 71.8 Å². The fourth-order valence-electron chi connectivity index (χ4n) is 2.93. The quantitative estimate of drug-likeness (QED) is 0.636. The maximum Gasteiger partial charge on any atom is 0.307 e. The van der Waals surface area contributed by atoms with Crippen molar-refractivity contribution in [1.29, 1.82) is 0 Å². The number of ether oxygens (including phenoxy) is 1. The first-order chi connectivity index (χ1) is 12.6. The van der Waals surface area contributed by atoms with Gasteiger partial charge in [-0.25, -0.2) is 0 Å². The second-order valence-corrected chi connectivity index (χ2v) is 6.21. The lowest BCUT2D eigenvalue weighted by atomic mass is 10.0. The van der Waals surface area contributed by atoms with E-state index in [4.69, 9.17) is 4.74 Å². The summed E-state index contributed by atoms with van der Waals surface area (Å²) in [6, 6.07) is 19.8. The minimum Gasteiger partial charge on any atom is -0.466 e. The van der Waals surface area contributed by atoms with Gasteiger partial charge in [-0.15, -0.1) is 0 Å². The average molecular weight is 353 g/mol. The molecule has 0 N–H and O–H groups in total. The molecule has 0 spiro atoms. The number of nitrogens with zero attached hydrogens (tertiary/aromatic N) is 1. The fourth-order valence-corrected chi connectivity index (χ4v) is 2.93. The number of esters is 1. The van der Waals surface area contributed by atoms with Gasteiger partial charge in [0.1, 0.15) is 0 Å². The molecular formula is C22H27NO3. The molecule has 0 aliphatic carbocycles. The summed E-state index contributed by atoms with van der Waals surface area (Å²) in [5, 5.41) is 0. The van der Waals surface area contributed by atoms with Gasteiger partial charge in [-0.2, -0.15) is 0 Å². The Labute approximate surface area is 155 Å². The van der Waals surface area contributed by atoms with E-state index in [1.807, 2.05) is 67.6 Å². The van der Waals surface area contributed by atoms with Gasteiger partial charge in [0, 0.05) is 13.0 Å². The highest BCUT2D eigenvalue weighted by Gasteiger charge is 2.22. The third kappa shape index (κ3) is 6.03. The van der Waals surface area contributed by atoms with Gasteiger partial charge in [0.25, 0.3) is 0 Å². The minimum absolute atomic E-state index is 0.0505. The number of aryl methyl sites for hydroxylation is 1. The van der Waals surface area contributed by atoms with Crippen LogP contribution in [-0.2, 0) is 20.7 Å². The molecule has 1 amide bonds. The summed E-state index contributed by atoms with van der Waals surface area (Å²) >= 11 is 0. The zero-order valence-corrected chi connectivity index (χ0v) is 15.6. The Morgan fingerprint density at radius 3 is 2.19 bits per heavy atom. The van der Waals surface area contributed by atoms with Crippen LogP contribution in [0.4, 0.5) is 0 Å². The predicted octanol–water partition coefficient (Wildman–Crippen LogP) is 4.16. The lowest BCUT2D eigenvalue weighted by Gasteiger charge is -2.29. The van der Waals surface area contributed by atoms with Gasteiger partial charge in [-0.05, 0) is 31.4 Å². The summed E-state index contributed by atoms with van der Waals surface area (Å²) in [5.74, 6) is -0.219. The van der Waals surface area contributed by atoms with E-state index >= 15 is 0 Å². The third-order valence-electron chi connectivity index (χ3n) is 4.40. The number of amides is 1. The Hall–Kier alpha value is -2.62. The van der Waals surface area contributed by atoms with E-state index in [0.29, 0.717) is 26.0 Å². The SMILES string of the molecule is CCOC(=O)CCN(C(=O)CCc1ccccc1)C(C)c1ccccc1. The van der Waals surface area contributed by atoms with Gasteiger partial charge >= 0.3 is 5.97 Å². The molecule has 0 aromatic heterocycles. The van der Waals surface area contributed by atoms with Gasteiger partial charge in [0.05, 0.1) is 19.1 Å². The van der Waals surface area contributed by atoms with Crippen LogP contribution in [0, 0.1) is 0 Å². The van der Waals surface area contributed by atoms with Crippen LogP contribution < -0.4 is 0 Å². The van der Waals surface area contributed by atoms with E-state index in [1.165, 1.54) is 0 Å². The molecule has 0 aliphatic heterocycles. The van der Waals surface area contributed by atoms with Crippen LogP contribution in [0.2, 0.25) is 0 Å². The summed E-state index contributed by atoms with van der Waals surface area (Å²) in [5.41, 5.74) is 2.20. The van der Waals surface area contributed by atoms with Crippen LogP contribution in [0.25, 0.3) is 0 Å². The number of hydrogen-bond donors (Lipinski definition) is 0. The fraction of sp³-hybridized carbons (Fsp3) is 0.364. The van der Waals surface area contributed by atoms with Crippen molar-refractivity contribution in [1.82, 2.24) is 4.90 Å². The molecular weight excluding hydrogens is 326 g/mol. The largest absolute Gasteiger partial charge is 0.466 e. The molecule has 0 bridgehead atoms. The number of carbonyl (C=O) groups is 2. The van der Waals surface area contributed by atoms with E-state index in [1.54, 1.807) is 11.8 Å². The maximum absolute atomic E-state index is 12.9. The summed E-state index contributed by atoms with van der Waals surface area (Å²) in [4.78, 5) is 26.4. The molecule has 2 rings (SSSR count). The zero-order valence-electron chi connectivity index (χ0n) is 15.6. The monoisotopic (exact) mass is 353 g/mol. The van der Waals surface area contributed by atoms with E-state index in [0.717, 1.165) is 11.1 Å². The van der Waals surface area contributed by atoms with Crippen LogP contribution in [0.1, 0.15) is 43.9 Å². The molecule has 2 aromatic carbocycles. The van der Waals surface area contributed by atoms with Crippen LogP contribution in [-0.4, -0.2) is 29.9 Å². The molecule has 26 heavy (non-hydrogen) atoms. The molecule has 0 heterocycles. The number of benzene rings is 2. The second-order valence-electron chi connectivity index (χ2n) is 6.21. The van der Waals surface area contributed by atoms with Crippen molar-refractivity contribution < 1.29 is 14.3 Å². The van der Waals surface area contributed by atoms with Crippen molar-refractivity contribution in [2.75, 3.05) is 13.2 Å². The number of carbonyl (C=O) groups excluding carboxylic acids is 2. The molecule has 0 saturated carbocycles. The van der Waals surface area contributed by atoms with Crippen LogP contribution in [0.5, 0.6) is 0 Å². The first-order valence-electron chi connectivity index (χ1n) is 9.15. The van der Waals surface area contributed by atoms with Crippen molar-refractivity contribution in [3.63, 3.8) is 0 Å². The summed E-state index contributed by atoms with van der Waals surface area (Å²) < 4.78 is 5.01. The van der Waals surface area contributed by atoms with Crippen molar-refractivity contribution in [2.45, 2.75) is 39.2 Å². The summed E-state index contributed by atoms with van der Waals surface area (Å²) in [6.07, 6.45) is 1.32. The minimum atomic E-state index is -0.270. The van der Waals surface area contributed by atoms with Gasteiger partial charge in [0.2, 0.25) is 5.91 Å². The maximum atomic E-state index is 12.9. The number of hydrogen-bond acceptors (Lipinski definition) is 3. The molecule has 4 heteroatoms. The Balaban J connectivity index is 2.05. The normalized spacial score (nSPS) is 11.6. The Morgan fingerprint density at radius 1 is 0.962 bits per heavy atom. The lowest BCUT2D eigenvalue weighted by Crippen LogP contribution is -2.35. The highest BCUT2D eigenvalue weighted by Crippen LogP contribution is 2.22. The van der Waals surface area contributed by atoms with Crippen LogP contribution >= 0.6 is 0 Å². The van der Waals surface area contributed by atoms with E-state index < -0.39 is 0 Å². The molecule has 138 valence electrons. The third-order valence-corrected chi connectivity index (χ3v) is 4.40. The van der Waals surface area contributed by atoms with Gasteiger partial charge in [-0.1, -0.05) is 60.7 Å². The van der Waals surface area contributed by atoms with E-state index in [-0.39, 0.29) is 24.3 Å². The lowest BCUT2D eigenvalue weighted by molar-refractivity contribution is -0.144. The molecule has 0 fully saturated rings. The molecule has 4 nitrogen and oxygen atoms in total. The Bertz CT molecular complexity index is 685. The summed E-state index contributed by atoms with van der Waals surface area (Å²) in [7, 11) is 0. The molecule has 0 radical (unpaired) electrons. The molecule has 2 aromatic rings. The van der Waals surface area contributed by atoms with Crippen LogP contribution in [0.15, 0.2) is 60.7 Å². The first kappa shape index (κ1) is 19.7. The van der Waals surface area contributed by atoms with Crippen molar-refractivity contribution in [2.24, 2.45) is 0 Å². The van der Waals surface area contributed by atoms with Gasteiger partial charge in [-0.3, -0.25) is 9.59 Å². The standard InChI is InChI=1S/C22H27NO3/c1-3-26-22(25)16-17-23(18(2)20-12-8-5-9-13-20)21(24)15-14-19-10-6-4-7-11-19/h4-13,18H,3,14-17H2,1-2H3. The zero-order chi connectivity index (χ0) is 18.8.